The van der Waals surface area contributed by atoms with E-state index in [2.05, 4.69) is 40.7 Å². The standard InChI is InChI=1S/C27H30FN3O2/c1-17-8-9-20(10-21(17)12-26(32)33)18(2)14-31-27(19-6-4-3-5-7-19)22-11-24-25(29-15-22)13-23(28)16-30-24/h3-10,13,16,18,22,27,29,31H,11-12,14-15H2,1-2H3,(H,32,33)/t18-,22+,27+/m0/s1. The minimum absolute atomic E-state index is 0.0349. The number of aliphatic carboxylic acids is 1. The molecule has 0 bridgehead atoms. The van der Waals surface area contributed by atoms with Gasteiger partial charge in [-0.3, -0.25) is 9.78 Å². The molecule has 1 aromatic heterocycles. The molecule has 1 aliphatic rings. The lowest BCUT2D eigenvalue weighted by Crippen LogP contribution is -2.37. The first-order chi connectivity index (χ1) is 15.9. The summed E-state index contributed by atoms with van der Waals surface area (Å²) in [5, 5.41) is 16.3. The van der Waals surface area contributed by atoms with E-state index in [9.17, 15) is 14.3 Å². The Bertz CT molecular complexity index is 1120. The summed E-state index contributed by atoms with van der Waals surface area (Å²) in [5.74, 6) is -0.679. The van der Waals surface area contributed by atoms with Crippen LogP contribution in [0, 0.1) is 18.7 Å². The minimum Gasteiger partial charge on any atom is -0.481 e. The van der Waals surface area contributed by atoms with E-state index in [4.69, 9.17) is 0 Å². The zero-order valence-electron chi connectivity index (χ0n) is 19.0. The third kappa shape index (κ3) is 5.57. The number of halogens is 1. The van der Waals surface area contributed by atoms with Crippen LogP contribution in [0.4, 0.5) is 10.1 Å². The third-order valence-corrected chi connectivity index (χ3v) is 6.51. The molecule has 0 fully saturated rings. The zero-order chi connectivity index (χ0) is 23.4. The second-order valence-corrected chi connectivity index (χ2v) is 8.95. The highest BCUT2D eigenvalue weighted by Crippen LogP contribution is 2.32. The van der Waals surface area contributed by atoms with Gasteiger partial charge in [-0.2, -0.15) is 0 Å². The molecule has 0 aliphatic carbocycles. The van der Waals surface area contributed by atoms with Crippen molar-refractivity contribution in [1.29, 1.82) is 0 Å². The van der Waals surface area contributed by atoms with E-state index >= 15 is 0 Å². The van der Waals surface area contributed by atoms with Gasteiger partial charge in [0.05, 0.1) is 24.0 Å². The molecule has 0 spiro atoms. The van der Waals surface area contributed by atoms with Crippen molar-refractivity contribution in [2.24, 2.45) is 5.92 Å². The van der Waals surface area contributed by atoms with Crippen molar-refractivity contribution >= 4 is 11.7 Å². The number of hydrogen-bond donors (Lipinski definition) is 3. The molecule has 3 N–H and O–H groups in total. The molecule has 0 amide bonds. The molecule has 0 radical (unpaired) electrons. The molecule has 0 saturated heterocycles. The molecule has 0 saturated carbocycles. The number of aromatic nitrogens is 1. The van der Waals surface area contributed by atoms with Crippen LogP contribution in [0.3, 0.4) is 0 Å². The maximum Gasteiger partial charge on any atom is 0.307 e. The summed E-state index contributed by atoms with van der Waals surface area (Å²) in [6.45, 7) is 5.58. The van der Waals surface area contributed by atoms with E-state index in [0.717, 1.165) is 47.6 Å². The monoisotopic (exact) mass is 447 g/mol. The Morgan fingerprint density at radius 2 is 2.00 bits per heavy atom. The molecule has 5 nitrogen and oxygen atoms in total. The molecular formula is C27H30FN3O2. The van der Waals surface area contributed by atoms with Crippen LogP contribution in [-0.2, 0) is 17.6 Å². The SMILES string of the molecule is Cc1ccc([C@@H](C)CN[C@H](c2ccccc2)[C@H]2CNc3cc(F)cnc3C2)cc1CC(=O)O. The van der Waals surface area contributed by atoms with Crippen LogP contribution < -0.4 is 10.6 Å². The Hall–Kier alpha value is -3.25. The van der Waals surface area contributed by atoms with Crippen LogP contribution in [-0.4, -0.2) is 29.1 Å². The molecular weight excluding hydrogens is 417 g/mol. The first-order valence-corrected chi connectivity index (χ1v) is 11.4. The number of pyridine rings is 1. The summed E-state index contributed by atoms with van der Waals surface area (Å²) in [4.78, 5) is 15.5. The second kappa shape index (κ2) is 10.1. The number of hydrogen-bond acceptors (Lipinski definition) is 4. The summed E-state index contributed by atoms with van der Waals surface area (Å²) in [5.41, 5.74) is 5.85. The molecule has 1 aliphatic heterocycles. The molecule has 4 rings (SSSR count). The zero-order valence-corrected chi connectivity index (χ0v) is 19.0. The number of fused-ring (bicyclic) bond motifs is 1. The average Bonchev–Trinajstić information content (AvgIpc) is 2.81. The molecule has 172 valence electrons. The minimum atomic E-state index is -0.816. The fraction of sp³-hybridized carbons (Fsp3) is 0.333. The molecule has 0 unspecified atom stereocenters. The van der Waals surface area contributed by atoms with E-state index in [1.165, 1.54) is 17.8 Å². The van der Waals surface area contributed by atoms with Crippen LogP contribution in [0.5, 0.6) is 0 Å². The van der Waals surface area contributed by atoms with Crippen LogP contribution in [0.15, 0.2) is 60.8 Å². The van der Waals surface area contributed by atoms with Crippen LogP contribution >= 0.6 is 0 Å². The Balaban J connectivity index is 1.51. The maximum atomic E-state index is 13.6. The van der Waals surface area contributed by atoms with Gasteiger partial charge in [0.15, 0.2) is 0 Å². The van der Waals surface area contributed by atoms with Gasteiger partial charge in [-0.15, -0.1) is 0 Å². The first-order valence-electron chi connectivity index (χ1n) is 11.4. The third-order valence-electron chi connectivity index (χ3n) is 6.51. The number of aryl methyl sites for hydroxylation is 1. The molecule has 3 atom stereocenters. The van der Waals surface area contributed by atoms with E-state index in [0.29, 0.717) is 0 Å². The first kappa shape index (κ1) is 22.9. The van der Waals surface area contributed by atoms with Crippen molar-refractivity contribution in [2.45, 2.75) is 38.6 Å². The quantitative estimate of drug-likeness (QED) is 0.459. The van der Waals surface area contributed by atoms with Crippen molar-refractivity contribution in [3.8, 4) is 0 Å². The normalized spacial score (nSPS) is 17.0. The Morgan fingerprint density at radius 1 is 1.21 bits per heavy atom. The highest BCUT2D eigenvalue weighted by atomic mass is 19.1. The Morgan fingerprint density at radius 3 is 2.76 bits per heavy atom. The number of anilines is 1. The lowest BCUT2D eigenvalue weighted by Gasteiger charge is -2.33. The van der Waals surface area contributed by atoms with Gasteiger partial charge in [0.1, 0.15) is 5.82 Å². The summed E-state index contributed by atoms with van der Waals surface area (Å²) in [6, 6.07) is 18.1. The van der Waals surface area contributed by atoms with Crippen molar-refractivity contribution in [3.63, 3.8) is 0 Å². The van der Waals surface area contributed by atoms with Crippen molar-refractivity contribution in [2.75, 3.05) is 18.4 Å². The van der Waals surface area contributed by atoms with Crippen molar-refractivity contribution in [3.05, 3.63) is 94.6 Å². The summed E-state index contributed by atoms with van der Waals surface area (Å²) >= 11 is 0. The highest BCUT2D eigenvalue weighted by molar-refractivity contribution is 5.70. The molecule has 6 heteroatoms. The number of carboxylic acids is 1. The van der Waals surface area contributed by atoms with Gasteiger partial charge in [0.25, 0.3) is 0 Å². The van der Waals surface area contributed by atoms with E-state index in [1.807, 2.05) is 37.3 Å². The number of nitrogens with one attached hydrogen (secondary N) is 2. The average molecular weight is 448 g/mol. The molecule has 2 aromatic carbocycles. The van der Waals surface area contributed by atoms with Gasteiger partial charge in [-0.25, -0.2) is 4.39 Å². The van der Waals surface area contributed by atoms with Gasteiger partial charge in [0, 0.05) is 31.1 Å². The predicted octanol–water partition coefficient (Wildman–Crippen LogP) is 4.88. The van der Waals surface area contributed by atoms with Crippen molar-refractivity contribution in [1.82, 2.24) is 10.3 Å². The largest absolute Gasteiger partial charge is 0.481 e. The van der Waals surface area contributed by atoms with Gasteiger partial charge < -0.3 is 15.7 Å². The van der Waals surface area contributed by atoms with Crippen LogP contribution in [0.25, 0.3) is 0 Å². The predicted molar refractivity (Wildman–Crippen MR) is 128 cm³/mol. The van der Waals surface area contributed by atoms with Gasteiger partial charge in [0.2, 0.25) is 0 Å². The Labute approximate surface area is 194 Å². The van der Waals surface area contributed by atoms with Crippen LogP contribution in [0.2, 0.25) is 0 Å². The van der Waals surface area contributed by atoms with Crippen molar-refractivity contribution < 1.29 is 14.3 Å². The molecule has 3 aromatic rings. The second-order valence-electron chi connectivity index (χ2n) is 8.95. The fourth-order valence-electron chi connectivity index (χ4n) is 4.57. The lowest BCUT2D eigenvalue weighted by molar-refractivity contribution is -0.136. The van der Waals surface area contributed by atoms with E-state index < -0.39 is 5.97 Å². The number of carbonyl (C=O) groups is 1. The topological polar surface area (TPSA) is 74.2 Å². The number of benzene rings is 2. The lowest BCUT2D eigenvalue weighted by atomic mass is 9.86. The number of carboxylic acid groups (broad SMARTS) is 1. The van der Waals surface area contributed by atoms with Gasteiger partial charge >= 0.3 is 5.97 Å². The fourth-order valence-corrected chi connectivity index (χ4v) is 4.57. The number of nitrogens with zero attached hydrogens (tertiary/aromatic N) is 1. The van der Waals surface area contributed by atoms with Gasteiger partial charge in [-0.1, -0.05) is 55.5 Å². The van der Waals surface area contributed by atoms with Crippen LogP contribution in [0.1, 0.15) is 46.8 Å². The maximum absolute atomic E-state index is 13.6. The summed E-state index contributed by atoms with van der Waals surface area (Å²) in [7, 11) is 0. The molecule has 33 heavy (non-hydrogen) atoms. The molecule has 2 heterocycles. The number of rotatable bonds is 8. The smallest absolute Gasteiger partial charge is 0.307 e. The Kier molecular flexibility index (Phi) is 7.04. The van der Waals surface area contributed by atoms with E-state index in [1.54, 1.807) is 0 Å². The highest BCUT2D eigenvalue weighted by Gasteiger charge is 2.28. The summed E-state index contributed by atoms with van der Waals surface area (Å²) in [6.07, 6.45) is 2.08. The van der Waals surface area contributed by atoms with Gasteiger partial charge in [-0.05, 0) is 41.5 Å². The van der Waals surface area contributed by atoms with E-state index in [-0.39, 0.29) is 30.1 Å². The summed E-state index contributed by atoms with van der Waals surface area (Å²) < 4.78 is 13.6.